The van der Waals surface area contributed by atoms with Crippen molar-refractivity contribution >= 4 is 56.6 Å². The lowest BCUT2D eigenvalue weighted by molar-refractivity contribution is -0.122. The van der Waals surface area contributed by atoms with E-state index in [9.17, 15) is 9.59 Å². The van der Waals surface area contributed by atoms with Gasteiger partial charge in [0.05, 0.1) is 22.2 Å². The first-order chi connectivity index (χ1) is 13.3. The van der Waals surface area contributed by atoms with Gasteiger partial charge in [0.2, 0.25) is 5.91 Å². The Hall–Kier alpha value is -2.29. The van der Waals surface area contributed by atoms with Gasteiger partial charge in [-0.15, -0.1) is 11.3 Å². The van der Waals surface area contributed by atoms with E-state index in [0.29, 0.717) is 33.7 Å². The van der Waals surface area contributed by atoms with E-state index < -0.39 is 0 Å². The van der Waals surface area contributed by atoms with Gasteiger partial charge in [-0.05, 0) is 37.6 Å². The third kappa shape index (κ3) is 4.76. The largest absolute Gasteiger partial charge is 0.492 e. The summed E-state index contributed by atoms with van der Waals surface area (Å²) in [5.74, 6) is -0.162. The summed E-state index contributed by atoms with van der Waals surface area (Å²) in [6.07, 6.45) is 0.662. The van der Waals surface area contributed by atoms with Crippen molar-refractivity contribution in [1.82, 2.24) is 20.6 Å². The van der Waals surface area contributed by atoms with E-state index >= 15 is 0 Å². The number of halogens is 2. The average molecular weight is 441 g/mol. The molecule has 0 unspecified atom stereocenters. The molecule has 1 aromatic carbocycles. The standard InChI is InChI=1S/C18H18Cl2N4O3S/c1-10-12-9-15(28-18(12)24(2)23-10)17(26)22-21-16(25)4-3-7-27-14-6-5-11(19)8-13(14)20/h5-6,8-9H,3-4,7H2,1-2H3,(H,21,25)(H,22,26). The molecule has 28 heavy (non-hydrogen) atoms. The number of amides is 2. The van der Waals surface area contributed by atoms with Gasteiger partial charge >= 0.3 is 0 Å². The van der Waals surface area contributed by atoms with Gasteiger partial charge in [0.25, 0.3) is 5.91 Å². The van der Waals surface area contributed by atoms with Crippen molar-refractivity contribution in [3.63, 3.8) is 0 Å². The fraction of sp³-hybridized carbons (Fsp3) is 0.278. The normalized spacial score (nSPS) is 10.9. The summed E-state index contributed by atoms with van der Waals surface area (Å²) in [6, 6.07) is 6.71. The van der Waals surface area contributed by atoms with Crippen molar-refractivity contribution in [3.8, 4) is 5.75 Å². The minimum Gasteiger partial charge on any atom is -0.492 e. The molecular formula is C18H18Cl2N4O3S. The van der Waals surface area contributed by atoms with Crippen molar-refractivity contribution in [2.75, 3.05) is 6.61 Å². The van der Waals surface area contributed by atoms with Crippen molar-refractivity contribution in [2.24, 2.45) is 7.05 Å². The molecule has 2 amide bonds. The van der Waals surface area contributed by atoms with Crippen LogP contribution in [-0.4, -0.2) is 28.2 Å². The predicted octanol–water partition coefficient (Wildman–Crippen LogP) is 3.87. The number of fused-ring (bicyclic) bond motifs is 1. The summed E-state index contributed by atoms with van der Waals surface area (Å²) in [6.45, 7) is 2.20. The zero-order chi connectivity index (χ0) is 20.3. The summed E-state index contributed by atoms with van der Waals surface area (Å²) < 4.78 is 7.25. The van der Waals surface area contributed by atoms with Gasteiger partial charge in [-0.2, -0.15) is 5.10 Å². The molecule has 3 rings (SSSR count). The highest BCUT2D eigenvalue weighted by molar-refractivity contribution is 7.20. The van der Waals surface area contributed by atoms with E-state index in [2.05, 4.69) is 16.0 Å². The summed E-state index contributed by atoms with van der Waals surface area (Å²) in [5, 5.41) is 6.17. The first kappa shape index (κ1) is 20.4. The van der Waals surface area contributed by atoms with Crippen LogP contribution in [0.15, 0.2) is 24.3 Å². The van der Waals surface area contributed by atoms with Crippen LogP contribution in [0.3, 0.4) is 0 Å². The van der Waals surface area contributed by atoms with Crippen LogP contribution in [0.5, 0.6) is 5.75 Å². The lowest BCUT2D eigenvalue weighted by Crippen LogP contribution is -2.41. The van der Waals surface area contributed by atoms with Gasteiger partial charge < -0.3 is 4.74 Å². The summed E-state index contributed by atoms with van der Waals surface area (Å²) in [4.78, 5) is 25.5. The molecule has 10 heteroatoms. The van der Waals surface area contributed by atoms with Crippen molar-refractivity contribution in [2.45, 2.75) is 19.8 Å². The molecule has 0 aliphatic rings. The maximum atomic E-state index is 12.2. The van der Waals surface area contributed by atoms with Crippen LogP contribution >= 0.6 is 34.5 Å². The van der Waals surface area contributed by atoms with Crippen LogP contribution in [0, 0.1) is 6.92 Å². The van der Waals surface area contributed by atoms with Crippen LogP contribution in [0.25, 0.3) is 10.2 Å². The van der Waals surface area contributed by atoms with E-state index in [-0.39, 0.29) is 18.2 Å². The second kappa shape index (κ2) is 8.81. The first-order valence-corrected chi connectivity index (χ1v) is 10.0. The minimum atomic E-state index is -0.363. The smallest absolute Gasteiger partial charge is 0.279 e. The maximum Gasteiger partial charge on any atom is 0.279 e. The summed E-state index contributed by atoms with van der Waals surface area (Å²) in [7, 11) is 1.83. The topological polar surface area (TPSA) is 85.3 Å². The molecule has 0 spiro atoms. The zero-order valence-electron chi connectivity index (χ0n) is 15.2. The molecule has 0 aliphatic carbocycles. The Balaban J connectivity index is 1.42. The Morgan fingerprint density at radius 3 is 2.75 bits per heavy atom. The molecule has 0 saturated heterocycles. The SMILES string of the molecule is Cc1nn(C)c2sc(C(=O)NNC(=O)CCCOc3ccc(Cl)cc3Cl)cc12. The van der Waals surface area contributed by atoms with Crippen molar-refractivity contribution in [1.29, 1.82) is 0 Å². The van der Waals surface area contributed by atoms with E-state index in [0.717, 1.165) is 15.9 Å². The Bertz CT molecular complexity index is 997. The number of rotatable bonds is 6. The molecule has 0 atom stereocenters. The number of carbonyl (C=O) groups excluding carboxylic acids is 2. The maximum absolute atomic E-state index is 12.2. The van der Waals surface area contributed by atoms with Crippen LogP contribution in [0.1, 0.15) is 28.2 Å². The molecule has 2 heterocycles. The average Bonchev–Trinajstić information content (AvgIpc) is 3.20. The van der Waals surface area contributed by atoms with Crippen molar-refractivity contribution < 1.29 is 14.3 Å². The number of thiophene rings is 1. The molecule has 2 N–H and O–H groups in total. The molecule has 0 radical (unpaired) electrons. The second-order valence-electron chi connectivity index (χ2n) is 6.07. The van der Waals surface area contributed by atoms with Gasteiger partial charge in [0.1, 0.15) is 10.6 Å². The molecule has 0 fully saturated rings. The lowest BCUT2D eigenvalue weighted by Gasteiger charge is -2.09. The van der Waals surface area contributed by atoms with Crippen LogP contribution in [0.2, 0.25) is 10.0 Å². The molecule has 7 nitrogen and oxygen atoms in total. The van der Waals surface area contributed by atoms with E-state index in [4.69, 9.17) is 27.9 Å². The second-order valence-corrected chi connectivity index (χ2v) is 7.94. The molecule has 2 aromatic heterocycles. The van der Waals surface area contributed by atoms with Gasteiger partial charge in [-0.1, -0.05) is 23.2 Å². The third-order valence-electron chi connectivity index (χ3n) is 3.94. The van der Waals surface area contributed by atoms with Crippen LogP contribution in [0.4, 0.5) is 0 Å². The molecular weight excluding hydrogens is 423 g/mol. The third-order valence-corrected chi connectivity index (χ3v) is 5.67. The van der Waals surface area contributed by atoms with Gasteiger partial charge in [-0.25, -0.2) is 0 Å². The number of nitrogens with zero attached hydrogens (tertiary/aromatic N) is 2. The van der Waals surface area contributed by atoms with Gasteiger partial charge in [0, 0.05) is 23.9 Å². The van der Waals surface area contributed by atoms with Crippen LogP contribution in [-0.2, 0) is 11.8 Å². The summed E-state index contributed by atoms with van der Waals surface area (Å²) in [5.41, 5.74) is 5.70. The highest BCUT2D eigenvalue weighted by atomic mass is 35.5. The molecule has 0 saturated carbocycles. The summed E-state index contributed by atoms with van der Waals surface area (Å²) >= 11 is 13.2. The quantitative estimate of drug-likeness (QED) is 0.449. The zero-order valence-corrected chi connectivity index (χ0v) is 17.5. The lowest BCUT2D eigenvalue weighted by atomic mass is 10.3. The molecule has 0 bridgehead atoms. The number of hydrogen-bond acceptors (Lipinski definition) is 5. The van der Waals surface area contributed by atoms with Gasteiger partial charge in [-0.3, -0.25) is 25.1 Å². The van der Waals surface area contributed by atoms with E-state index in [1.54, 1.807) is 28.9 Å². The first-order valence-electron chi connectivity index (χ1n) is 8.45. The number of aryl methyl sites for hydroxylation is 2. The number of nitrogens with one attached hydrogen (secondary N) is 2. The molecule has 148 valence electrons. The fourth-order valence-corrected chi connectivity index (χ4v) is 4.06. The van der Waals surface area contributed by atoms with E-state index in [1.165, 1.54) is 11.3 Å². The van der Waals surface area contributed by atoms with Crippen LogP contribution < -0.4 is 15.6 Å². The number of hydrogen-bond donors (Lipinski definition) is 2. The Labute approximate surface area is 175 Å². The highest BCUT2D eigenvalue weighted by Crippen LogP contribution is 2.28. The number of aromatic nitrogens is 2. The number of carbonyl (C=O) groups is 2. The number of ether oxygens (including phenoxy) is 1. The Kier molecular flexibility index (Phi) is 6.43. The Morgan fingerprint density at radius 1 is 1.25 bits per heavy atom. The highest BCUT2D eigenvalue weighted by Gasteiger charge is 2.15. The molecule has 0 aliphatic heterocycles. The fourth-order valence-electron chi connectivity index (χ4n) is 2.57. The number of hydrazine groups is 1. The Morgan fingerprint density at radius 2 is 2.04 bits per heavy atom. The number of benzene rings is 1. The monoisotopic (exact) mass is 440 g/mol. The molecule has 3 aromatic rings. The minimum absolute atomic E-state index is 0.195. The predicted molar refractivity (Wildman–Crippen MR) is 110 cm³/mol. The van der Waals surface area contributed by atoms with E-state index in [1.807, 2.05) is 14.0 Å². The van der Waals surface area contributed by atoms with Crippen molar-refractivity contribution in [3.05, 3.63) is 44.9 Å². The van der Waals surface area contributed by atoms with Gasteiger partial charge in [0.15, 0.2) is 0 Å².